The van der Waals surface area contributed by atoms with Crippen molar-refractivity contribution in [3.8, 4) is 11.5 Å². The second-order valence-corrected chi connectivity index (χ2v) is 7.94. The van der Waals surface area contributed by atoms with Gasteiger partial charge in [-0.2, -0.15) is 0 Å². The van der Waals surface area contributed by atoms with E-state index in [1.165, 1.54) is 30.4 Å². The molecule has 1 aromatic carbocycles. The molecule has 0 saturated heterocycles. The third kappa shape index (κ3) is 2.46. The summed E-state index contributed by atoms with van der Waals surface area (Å²) in [5.74, 6) is 2.14. The van der Waals surface area contributed by atoms with E-state index in [-0.39, 0.29) is 17.4 Å². The molecule has 5 rings (SSSR count). The Bertz CT molecular complexity index is 898. The molecule has 1 aliphatic carbocycles. The van der Waals surface area contributed by atoms with Crippen molar-refractivity contribution < 1.29 is 18.7 Å². The van der Waals surface area contributed by atoms with Crippen LogP contribution in [0.3, 0.4) is 0 Å². The van der Waals surface area contributed by atoms with Crippen LogP contribution in [0.4, 0.5) is 0 Å². The minimum Gasteiger partial charge on any atom is -0.486 e. The molecule has 1 unspecified atom stereocenters. The Morgan fingerprint density at radius 1 is 1.19 bits per heavy atom. The SMILES string of the molecule is Cc1ocnc1C(=O)N1CC2(CCCC2)c2cc3c(cc2C1C)OCCO3. The largest absolute Gasteiger partial charge is 0.486 e. The number of amides is 1. The molecule has 27 heavy (non-hydrogen) atoms. The summed E-state index contributed by atoms with van der Waals surface area (Å²) in [6.07, 6.45) is 5.90. The average Bonchev–Trinajstić information content (AvgIpc) is 3.33. The molecular formula is C21H24N2O4. The molecule has 6 nitrogen and oxygen atoms in total. The molecule has 3 aliphatic rings. The van der Waals surface area contributed by atoms with E-state index in [1.54, 1.807) is 6.92 Å². The van der Waals surface area contributed by atoms with E-state index in [2.05, 4.69) is 24.0 Å². The molecule has 1 spiro atoms. The van der Waals surface area contributed by atoms with Gasteiger partial charge in [-0.05, 0) is 49.9 Å². The van der Waals surface area contributed by atoms with Gasteiger partial charge < -0.3 is 18.8 Å². The second-order valence-electron chi connectivity index (χ2n) is 7.94. The van der Waals surface area contributed by atoms with Crippen LogP contribution >= 0.6 is 0 Å². The van der Waals surface area contributed by atoms with Crippen LogP contribution in [0.1, 0.15) is 66.0 Å². The van der Waals surface area contributed by atoms with Gasteiger partial charge in [-0.15, -0.1) is 0 Å². The van der Waals surface area contributed by atoms with Crippen LogP contribution in [0.2, 0.25) is 0 Å². The Labute approximate surface area is 158 Å². The Balaban J connectivity index is 1.62. The Morgan fingerprint density at radius 3 is 2.56 bits per heavy atom. The number of aromatic nitrogens is 1. The molecule has 0 N–H and O–H groups in total. The van der Waals surface area contributed by atoms with Crippen LogP contribution in [0.15, 0.2) is 22.9 Å². The molecule has 142 valence electrons. The van der Waals surface area contributed by atoms with Gasteiger partial charge in [0, 0.05) is 12.0 Å². The van der Waals surface area contributed by atoms with Crippen LogP contribution in [0.5, 0.6) is 11.5 Å². The van der Waals surface area contributed by atoms with Crippen molar-refractivity contribution >= 4 is 5.91 Å². The molecule has 1 fully saturated rings. The first-order valence-electron chi connectivity index (χ1n) is 9.74. The smallest absolute Gasteiger partial charge is 0.276 e. The van der Waals surface area contributed by atoms with Crippen LogP contribution in [0.25, 0.3) is 0 Å². The highest BCUT2D eigenvalue weighted by atomic mass is 16.6. The number of aryl methyl sites for hydroxylation is 1. The summed E-state index contributed by atoms with van der Waals surface area (Å²) in [7, 11) is 0. The van der Waals surface area contributed by atoms with Gasteiger partial charge in [0.2, 0.25) is 0 Å². The Morgan fingerprint density at radius 2 is 1.89 bits per heavy atom. The van der Waals surface area contributed by atoms with Gasteiger partial charge in [0.05, 0.1) is 6.04 Å². The number of nitrogens with zero attached hydrogens (tertiary/aromatic N) is 2. The van der Waals surface area contributed by atoms with Crippen molar-refractivity contribution in [1.29, 1.82) is 0 Å². The third-order valence-corrected chi connectivity index (χ3v) is 6.45. The van der Waals surface area contributed by atoms with Gasteiger partial charge in [0.25, 0.3) is 5.91 Å². The fraction of sp³-hybridized carbons (Fsp3) is 0.524. The zero-order valence-electron chi connectivity index (χ0n) is 15.8. The minimum absolute atomic E-state index is 0.00895. The summed E-state index contributed by atoms with van der Waals surface area (Å²) in [4.78, 5) is 19.4. The zero-order chi connectivity index (χ0) is 18.6. The molecule has 6 heteroatoms. The predicted octanol–water partition coefficient (Wildman–Crippen LogP) is 3.78. The van der Waals surface area contributed by atoms with Crippen LogP contribution in [-0.2, 0) is 5.41 Å². The summed E-state index contributed by atoms with van der Waals surface area (Å²) in [5, 5.41) is 0. The molecule has 2 aliphatic heterocycles. The van der Waals surface area contributed by atoms with E-state index in [0.717, 1.165) is 24.3 Å². The van der Waals surface area contributed by atoms with E-state index in [0.29, 0.717) is 31.2 Å². The van der Waals surface area contributed by atoms with Gasteiger partial charge in [-0.25, -0.2) is 4.98 Å². The molecule has 0 radical (unpaired) electrons. The van der Waals surface area contributed by atoms with Crippen molar-refractivity contribution in [1.82, 2.24) is 9.88 Å². The van der Waals surface area contributed by atoms with E-state index in [1.807, 2.05) is 4.90 Å². The Hall–Kier alpha value is -2.50. The highest BCUT2D eigenvalue weighted by molar-refractivity contribution is 5.93. The molecule has 1 atom stereocenters. The predicted molar refractivity (Wildman–Crippen MR) is 98.3 cm³/mol. The van der Waals surface area contributed by atoms with Gasteiger partial charge in [-0.1, -0.05) is 12.8 Å². The van der Waals surface area contributed by atoms with Crippen molar-refractivity contribution in [2.24, 2.45) is 0 Å². The molecule has 0 bridgehead atoms. The lowest BCUT2D eigenvalue weighted by atomic mass is 9.71. The normalized spacial score (nSPS) is 22.7. The number of hydrogen-bond acceptors (Lipinski definition) is 5. The zero-order valence-corrected chi connectivity index (χ0v) is 15.8. The first-order valence-corrected chi connectivity index (χ1v) is 9.74. The first kappa shape index (κ1) is 16.7. The summed E-state index contributed by atoms with van der Waals surface area (Å²) in [6, 6.07) is 4.21. The Kier molecular flexibility index (Phi) is 3.71. The lowest BCUT2D eigenvalue weighted by Gasteiger charge is -2.46. The summed E-state index contributed by atoms with van der Waals surface area (Å²) in [6.45, 7) is 5.74. The maximum Gasteiger partial charge on any atom is 0.276 e. The molecule has 1 saturated carbocycles. The maximum atomic E-state index is 13.3. The van der Waals surface area contributed by atoms with Gasteiger partial charge >= 0.3 is 0 Å². The quantitative estimate of drug-likeness (QED) is 0.766. The number of benzene rings is 1. The maximum absolute atomic E-state index is 13.3. The lowest BCUT2D eigenvalue weighted by molar-refractivity contribution is 0.0586. The number of ether oxygens (including phenoxy) is 2. The number of fused-ring (bicyclic) bond motifs is 3. The molecule has 1 aromatic heterocycles. The number of oxazole rings is 1. The van der Waals surface area contributed by atoms with Crippen molar-refractivity contribution in [3.63, 3.8) is 0 Å². The fourth-order valence-corrected chi connectivity index (χ4v) is 5.00. The molecular weight excluding hydrogens is 344 g/mol. The van der Waals surface area contributed by atoms with Crippen molar-refractivity contribution in [2.75, 3.05) is 19.8 Å². The van der Waals surface area contributed by atoms with Crippen LogP contribution < -0.4 is 9.47 Å². The highest BCUT2D eigenvalue weighted by Crippen LogP contribution is 2.52. The molecule has 2 aromatic rings. The van der Waals surface area contributed by atoms with Crippen LogP contribution in [0, 0.1) is 6.92 Å². The third-order valence-electron chi connectivity index (χ3n) is 6.45. The summed E-state index contributed by atoms with van der Waals surface area (Å²) >= 11 is 0. The van der Waals surface area contributed by atoms with E-state index >= 15 is 0 Å². The monoisotopic (exact) mass is 368 g/mol. The van der Waals surface area contributed by atoms with E-state index < -0.39 is 0 Å². The average molecular weight is 368 g/mol. The first-order chi connectivity index (χ1) is 13.1. The molecule has 1 amide bonds. The minimum atomic E-state index is -0.0550. The number of carbonyl (C=O) groups is 1. The number of rotatable bonds is 1. The summed E-state index contributed by atoms with van der Waals surface area (Å²) in [5.41, 5.74) is 2.90. The standard InChI is InChI=1S/C21H24N2O4/c1-13-15-9-17-18(26-8-7-25-17)10-16(15)21(5-3-4-6-21)11-23(13)20(24)19-14(2)27-12-22-19/h9-10,12-13H,3-8,11H2,1-2H3. The van der Waals surface area contributed by atoms with E-state index in [9.17, 15) is 4.79 Å². The van der Waals surface area contributed by atoms with Gasteiger partial charge in [0.15, 0.2) is 23.6 Å². The van der Waals surface area contributed by atoms with Crippen LogP contribution in [-0.4, -0.2) is 35.5 Å². The lowest BCUT2D eigenvalue weighted by Crippen LogP contribution is -2.49. The van der Waals surface area contributed by atoms with Crippen molar-refractivity contribution in [2.45, 2.75) is 51.0 Å². The molecule has 3 heterocycles. The fourth-order valence-electron chi connectivity index (χ4n) is 5.00. The topological polar surface area (TPSA) is 64.8 Å². The second kappa shape index (κ2) is 6.01. The van der Waals surface area contributed by atoms with Gasteiger partial charge in [-0.3, -0.25) is 4.79 Å². The number of carbonyl (C=O) groups excluding carboxylic acids is 1. The highest BCUT2D eigenvalue weighted by Gasteiger charge is 2.47. The van der Waals surface area contributed by atoms with E-state index in [4.69, 9.17) is 13.9 Å². The number of hydrogen-bond donors (Lipinski definition) is 0. The summed E-state index contributed by atoms with van der Waals surface area (Å²) < 4.78 is 16.9. The van der Waals surface area contributed by atoms with Crippen molar-refractivity contribution in [3.05, 3.63) is 41.1 Å². The van der Waals surface area contributed by atoms with Gasteiger partial charge in [0.1, 0.15) is 19.0 Å².